The largest absolute Gasteiger partial charge is 1.00 e. The van der Waals surface area contributed by atoms with Crippen LogP contribution >= 0.6 is 23.1 Å². The van der Waals surface area contributed by atoms with Crippen LogP contribution in [0.15, 0.2) is 12.1 Å². The summed E-state index contributed by atoms with van der Waals surface area (Å²) in [5.41, 5.74) is 0. The molecule has 1 aromatic rings. The fraction of sp³-hybridized carbons (Fsp3) is 0.429. The van der Waals surface area contributed by atoms with Gasteiger partial charge in [-0.05, 0) is 11.5 Å². The van der Waals surface area contributed by atoms with E-state index in [1.165, 1.54) is 10.6 Å². The van der Waals surface area contributed by atoms with Crippen LogP contribution in [0.25, 0.3) is 0 Å². The summed E-state index contributed by atoms with van der Waals surface area (Å²) in [6.07, 6.45) is 0. The zero-order valence-electron chi connectivity index (χ0n) is 6.39. The van der Waals surface area contributed by atoms with Crippen LogP contribution < -0.4 is 18.9 Å². The van der Waals surface area contributed by atoms with Gasteiger partial charge < -0.3 is 0 Å². The summed E-state index contributed by atoms with van der Waals surface area (Å²) >= 11 is 3.67. The third kappa shape index (κ3) is 3.73. The van der Waals surface area contributed by atoms with Gasteiger partial charge in [0.05, 0.1) is 0 Å². The smallest absolute Gasteiger partial charge is 0.300 e. The Balaban J connectivity index is 0.000000810. The molecule has 0 aliphatic rings. The van der Waals surface area contributed by atoms with Gasteiger partial charge in [-0.25, -0.2) is 0 Å². The molecule has 0 fully saturated rings. The minimum atomic E-state index is 0. The molecule has 0 spiro atoms. The second kappa shape index (κ2) is 6.36. The maximum absolute atomic E-state index is 3.07. The van der Waals surface area contributed by atoms with Gasteiger partial charge in [0.1, 0.15) is 0 Å². The summed E-state index contributed by atoms with van der Waals surface area (Å²) < 4.78 is 0. The molecule has 0 saturated heterocycles. The third-order valence-electron chi connectivity index (χ3n) is 0.976. The zero-order chi connectivity index (χ0) is 6.53. The topological polar surface area (TPSA) is 0 Å². The molecule has 10 heavy (non-hydrogen) atoms. The molecule has 0 N–H and O–H groups in total. The second-order valence-corrected chi connectivity index (χ2v) is 3.90. The van der Waals surface area contributed by atoms with Crippen molar-refractivity contribution in [3.8, 4) is 0 Å². The normalized spacial score (nSPS) is 8.90. The van der Waals surface area contributed by atoms with Crippen LogP contribution in [-0.4, -0.2) is 5.75 Å². The van der Waals surface area contributed by atoms with Gasteiger partial charge in [0, 0.05) is 0 Å². The Bertz CT molecular complexity index is 149. The molecule has 50 valence electrons. The van der Waals surface area contributed by atoms with E-state index in [-0.39, 0.29) is 18.9 Å². The predicted octanol–water partition coefficient (Wildman–Crippen LogP) is -0.195. The van der Waals surface area contributed by atoms with E-state index in [1.54, 1.807) is 11.3 Å². The van der Waals surface area contributed by atoms with Crippen molar-refractivity contribution in [1.29, 1.82) is 0 Å². The molecule has 0 bridgehead atoms. The molecule has 0 saturated carbocycles. The number of hydrogen-bond acceptors (Lipinski definition) is 2. The quantitative estimate of drug-likeness (QED) is 0.440. The van der Waals surface area contributed by atoms with E-state index >= 15 is 0 Å². The maximum Gasteiger partial charge on any atom is 1.00 e. The van der Waals surface area contributed by atoms with Crippen LogP contribution in [0.2, 0.25) is 0 Å². The van der Waals surface area contributed by atoms with Crippen molar-refractivity contribution in [2.75, 3.05) is 5.75 Å². The van der Waals surface area contributed by atoms with E-state index in [4.69, 9.17) is 0 Å². The minimum absolute atomic E-state index is 0. The molecule has 3 heteroatoms. The summed E-state index contributed by atoms with van der Waals surface area (Å²) in [7, 11) is 0. The van der Waals surface area contributed by atoms with Crippen LogP contribution in [0.5, 0.6) is 0 Å². The average Bonchev–Trinajstić information content (AvgIpc) is 2.34. The number of rotatable bonds is 3. The molecule has 0 radical (unpaired) electrons. The molecular weight excluding hydrogens is 155 g/mol. The van der Waals surface area contributed by atoms with Gasteiger partial charge in [0.15, 0.2) is 0 Å². The van der Waals surface area contributed by atoms with Crippen molar-refractivity contribution in [3.05, 3.63) is 22.4 Å². The van der Waals surface area contributed by atoms with Gasteiger partial charge in [0.2, 0.25) is 0 Å². The van der Waals surface area contributed by atoms with Gasteiger partial charge in [0.25, 0.3) is 0 Å². The zero-order valence-corrected chi connectivity index (χ0v) is 8.02. The molecule has 0 nitrogen and oxygen atoms in total. The standard InChI is InChI=1S/C7H9S2.Li/c1-2-8-6-7-4-3-5-9-7;/h3-4H,2,6H2,1H3;/q-1;+1. The van der Waals surface area contributed by atoms with Crippen molar-refractivity contribution in [3.63, 3.8) is 0 Å². The first kappa shape index (κ1) is 10.6. The van der Waals surface area contributed by atoms with Crippen LogP contribution in [-0.2, 0) is 5.75 Å². The number of hydrogen-bond donors (Lipinski definition) is 0. The van der Waals surface area contributed by atoms with Gasteiger partial charge in [-0.15, -0.1) is 10.3 Å². The molecule has 0 unspecified atom stereocenters. The van der Waals surface area contributed by atoms with Crippen molar-refractivity contribution >= 4 is 23.1 Å². The number of thiophene rings is 1. The maximum atomic E-state index is 3.07. The Labute approximate surface area is 82.6 Å². The minimum Gasteiger partial charge on any atom is -0.300 e. The second-order valence-electron chi connectivity index (χ2n) is 1.66. The Morgan fingerprint density at radius 2 is 2.50 bits per heavy atom. The molecule has 1 aromatic heterocycles. The summed E-state index contributed by atoms with van der Waals surface area (Å²) in [4.78, 5) is 1.43. The van der Waals surface area contributed by atoms with Crippen molar-refractivity contribution in [2.24, 2.45) is 0 Å². The monoisotopic (exact) mass is 164 g/mol. The molecule has 0 aromatic carbocycles. The van der Waals surface area contributed by atoms with Gasteiger partial charge >= 0.3 is 18.9 Å². The Morgan fingerprint density at radius 1 is 1.70 bits per heavy atom. The van der Waals surface area contributed by atoms with Crippen LogP contribution in [0.1, 0.15) is 11.8 Å². The van der Waals surface area contributed by atoms with Gasteiger partial charge in [-0.1, -0.05) is 6.92 Å². The van der Waals surface area contributed by atoms with Crippen LogP contribution in [0, 0.1) is 5.38 Å². The van der Waals surface area contributed by atoms with E-state index < -0.39 is 0 Å². The van der Waals surface area contributed by atoms with E-state index in [0.717, 1.165) is 5.75 Å². The fourth-order valence-electron chi connectivity index (χ4n) is 0.551. The van der Waals surface area contributed by atoms with Crippen molar-refractivity contribution in [1.82, 2.24) is 0 Å². The third-order valence-corrected chi connectivity index (χ3v) is 2.88. The van der Waals surface area contributed by atoms with E-state index in [0.29, 0.717) is 0 Å². The molecule has 0 atom stereocenters. The summed E-state index contributed by atoms with van der Waals surface area (Å²) in [5, 5.41) is 3.07. The summed E-state index contributed by atoms with van der Waals surface area (Å²) in [6, 6.07) is 4.11. The SMILES string of the molecule is CCSCc1cc[c-]s1.[Li+]. The Morgan fingerprint density at radius 3 is 3.00 bits per heavy atom. The molecule has 1 rings (SSSR count). The Hall–Kier alpha value is 0.647. The fourth-order valence-corrected chi connectivity index (χ4v) is 1.96. The molecule has 0 aliphatic carbocycles. The first-order valence-corrected chi connectivity index (χ1v) is 4.93. The van der Waals surface area contributed by atoms with E-state index in [2.05, 4.69) is 18.4 Å². The molecule has 1 heterocycles. The molecular formula is C7H9LiS2. The van der Waals surface area contributed by atoms with Crippen LogP contribution in [0.3, 0.4) is 0 Å². The first-order valence-electron chi connectivity index (χ1n) is 2.96. The van der Waals surface area contributed by atoms with Gasteiger partial charge in [-0.3, -0.25) is 11.3 Å². The summed E-state index contributed by atoms with van der Waals surface area (Å²) in [5.74, 6) is 2.36. The first-order chi connectivity index (χ1) is 4.43. The van der Waals surface area contributed by atoms with E-state index in [9.17, 15) is 0 Å². The predicted molar refractivity (Wildman–Crippen MR) is 45.0 cm³/mol. The summed E-state index contributed by atoms with van der Waals surface area (Å²) in [6.45, 7) is 2.18. The van der Waals surface area contributed by atoms with Crippen molar-refractivity contribution < 1.29 is 18.9 Å². The van der Waals surface area contributed by atoms with E-state index in [1.807, 2.05) is 17.8 Å². The number of thioether (sulfide) groups is 1. The molecule has 0 aliphatic heterocycles. The van der Waals surface area contributed by atoms with Gasteiger partial charge in [-0.2, -0.15) is 23.9 Å². The van der Waals surface area contributed by atoms with Crippen molar-refractivity contribution in [2.45, 2.75) is 12.7 Å². The average molecular weight is 164 g/mol. The van der Waals surface area contributed by atoms with Crippen LogP contribution in [0.4, 0.5) is 0 Å². The Kier molecular flexibility index (Phi) is 6.78. The molecule has 0 amide bonds.